The first kappa shape index (κ1) is 10.6. The number of hydrogen-bond acceptors (Lipinski definition) is 3. The van der Waals surface area contributed by atoms with Crippen LogP contribution in [-0.2, 0) is 17.3 Å². The van der Waals surface area contributed by atoms with Crippen LogP contribution < -0.4 is 10.6 Å². The van der Waals surface area contributed by atoms with Gasteiger partial charge in [0.25, 0.3) is 0 Å². The highest BCUT2D eigenvalue weighted by Crippen LogP contribution is 2.21. The molecule has 2 rings (SSSR count). The van der Waals surface area contributed by atoms with Crippen LogP contribution in [-0.4, -0.2) is 28.8 Å². The molecule has 82 valence electrons. The van der Waals surface area contributed by atoms with Gasteiger partial charge in [0.05, 0.1) is 0 Å². The van der Waals surface area contributed by atoms with Crippen molar-refractivity contribution in [3.63, 3.8) is 0 Å². The molecule has 15 heavy (non-hydrogen) atoms. The van der Waals surface area contributed by atoms with Gasteiger partial charge in [-0.15, -0.1) is 0 Å². The Morgan fingerprint density at radius 1 is 1.27 bits per heavy atom. The van der Waals surface area contributed by atoms with Crippen LogP contribution in [0.5, 0.6) is 0 Å². The summed E-state index contributed by atoms with van der Waals surface area (Å²) in [6.45, 7) is 2.32. The molecule has 0 saturated carbocycles. The zero-order chi connectivity index (χ0) is 10.7. The Kier molecular flexibility index (Phi) is 3.38. The van der Waals surface area contributed by atoms with Gasteiger partial charge in [0, 0.05) is 47.6 Å². The first-order chi connectivity index (χ1) is 7.31. The fraction of sp³-hybridized carbons (Fsp3) is 0.455. The summed E-state index contributed by atoms with van der Waals surface area (Å²) in [6, 6.07) is 8.19. The van der Waals surface area contributed by atoms with Crippen LogP contribution in [0.1, 0.15) is 5.56 Å². The third-order valence-corrected chi connectivity index (χ3v) is 4.01. The first-order valence-corrected chi connectivity index (χ1v) is 6.68. The molecule has 1 saturated heterocycles. The molecule has 0 aromatic heterocycles. The molecule has 4 heteroatoms. The molecule has 0 atom stereocenters. The molecule has 2 N–H and O–H groups in total. The summed E-state index contributed by atoms with van der Waals surface area (Å²) in [6.07, 6.45) is 0. The minimum atomic E-state index is -0.616. The quantitative estimate of drug-likeness (QED) is 0.805. The van der Waals surface area contributed by atoms with Crippen molar-refractivity contribution in [3.05, 3.63) is 29.8 Å². The third-order valence-electron chi connectivity index (χ3n) is 2.73. The van der Waals surface area contributed by atoms with E-state index in [9.17, 15) is 4.21 Å². The van der Waals surface area contributed by atoms with Crippen LogP contribution in [0.25, 0.3) is 0 Å². The summed E-state index contributed by atoms with van der Waals surface area (Å²) in [4.78, 5) is 2.28. The molecular formula is C11H16N2OS. The van der Waals surface area contributed by atoms with Crippen molar-refractivity contribution in [2.24, 2.45) is 5.73 Å². The van der Waals surface area contributed by atoms with E-state index in [-0.39, 0.29) is 0 Å². The average Bonchev–Trinajstić information content (AvgIpc) is 2.30. The van der Waals surface area contributed by atoms with Crippen LogP contribution in [0.4, 0.5) is 5.69 Å². The molecule has 1 aromatic rings. The summed E-state index contributed by atoms with van der Waals surface area (Å²) in [5.41, 5.74) is 8.07. The van der Waals surface area contributed by atoms with E-state index >= 15 is 0 Å². The van der Waals surface area contributed by atoms with E-state index < -0.39 is 10.8 Å². The van der Waals surface area contributed by atoms with Crippen molar-refractivity contribution in [3.8, 4) is 0 Å². The van der Waals surface area contributed by atoms with E-state index in [2.05, 4.69) is 17.0 Å². The van der Waals surface area contributed by atoms with Gasteiger partial charge >= 0.3 is 0 Å². The molecule has 0 spiro atoms. The summed E-state index contributed by atoms with van der Waals surface area (Å²) in [5, 5.41) is 0. The van der Waals surface area contributed by atoms with E-state index in [1.807, 2.05) is 12.1 Å². The Hall–Kier alpha value is -0.870. The predicted octanol–water partition coefficient (Wildman–Crippen LogP) is 0.714. The zero-order valence-corrected chi connectivity index (χ0v) is 9.50. The second-order valence-corrected chi connectivity index (χ2v) is 5.36. The summed E-state index contributed by atoms with van der Waals surface area (Å²) in [5.74, 6) is 1.55. The van der Waals surface area contributed by atoms with Crippen molar-refractivity contribution in [1.29, 1.82) is 0 Å². The number of hydrogen-bond donors (Lipinski definition) is 1. The van der Waals surface area contributed by atoms with Gasteiger partial charge in [-0.2, -0.15) is 0 Å². The highest BCUT2D eigenvalue weighted by Gasteiger charge is 2.16. The van der Waals surface area contributed by atoms with Gasteiger partial charge in [-0.1, -0.05) is 18.2 Å². The number of anilines is 1. The van der Waals surface area contributed by atoms with Crippen LogP contribution in [0.2, 0.25) is 0 Å². The first-order valence-electron chi connectivity index (χ1n) is 5.19. The standard InChI is InChI=1S/C11H16N2OS/c12-9-10-3-1-2-4-11(10)13-5-7-15(14)8-6-13/h1-4H,5-9,12H2. The van der Waals surface area contributed by atoms with Crippen molar-refractivity contribution in [2.45, 2.75) is 6.54 Å². The Morgan fingerprint density at radius 3 is 2.60 bits per heavy atom. The summed E-state index contributed by atoms with van der Waals surface area (Å²) < 4.78 is 11.3. The maximum atomic E-state index is 11.3. The van der Waals surface area contributed by atoms with Crippen LogP contribution in [0.15, 0.2) is 24.3 Å². The Labute approximate surface area is 92.7 Å². The molecule has 0 radical (unpaired) electrons. The molecule has 0 aliphatic carbocycles. The van der Waals surface area contributed by atoms with E-state index in [1.54, 1.807) is 0 Å². The maximum Gasteiger partial charge on any atom is 0.0412 e. The normalized spacial score (nSPS) is 18.1. The van der Waals surface area contributed by atoms with E-state index in [0.717, 1.165) is 24.6 Å². The Morgan fingerprint density at radius 2 is 1.93 bits per heavy atom. The van der Waals surface area contributed by atoms with Gasteiger partial charge in [0.2, 0.25) is 0 Å². The van der Waals surface area contributed by atoms with Crippen LogP contribution in [0, 0.1) is 0 Å². The SMILES string of the molecule is NCc1ccccc1N1CCS(=O)CC1. The molecule has 0 bridgehead atoms. The molecule has 1 heterocycles. The highest BCUT2D eigenvalue weighted by atomic mass is 32.2. The topological polar surface area (TPSA) is 46.3 Å². The molecule has 0 unspecified atom stereocenters. The Balaban J connectivity index is 2.18. The lowest BCUT2D eigenvalue weighted by Gasteiger charge is -2.30. The maximum absolute atomic E-state index is 11.3. The molecule has 3 nitrogen and oxygen atoms in total. The van der Waals surface area contributed by atoms with E-state index in [1.165, 1.54) is 11.3 Å². The van der Waals surface area contributed by atoms with E-state index in [0.29, 0.717) is 6.54 Å². The second-order valence-electron chi connectivity index (χ2n) is 3.67. The van der Waals surface area contributed by atoms with Gasteiger partial charge in [0.1, 0.15) is 0 Å². The van der Waals surface area contributed by atoms with Crippen molar-refractivity contribution in [1.82, 2.24) is 0 Å². The Bertz CT molecular complexity index is 357. The highest BCUT2D eigenvalue weighted by molar-refractivity contribution is 7.85. The predicted molar refractivity (Wildman–Crippen MR) is 64.4 cm³/mol. The van der Waals surface area contributed by atoms with Crippen LogP contribution >= 0.6 is 0 Å². The number of benzene rings is 1. The number of rotatable bonds is 2. The molecule has 1 aliphatic heterocycles. The average molecular weight is 224 g/mol. The number of para-hydroxylation sites is 1. The van der Waals surface area contributed by atoms with Gasteiger partial charge in [-0.25, -0.2) is 0 Å². The lowest BCUT2D eigenvalue weighted by Crippen LogP contribution is -2.38. The van der Waals surface area contributed by atoms with Crippen LogP contribution in [0.3, 0.4) is 0 Å². The minimum Gasteiger partial charge on any atom is -0.369 e. The van der Waals surface area contributed by atoms with Crippen molar-refractivity contribution in [2.75, 3.05) is 29.5 Å². The third kappa shape index (κ3) is 2.38. The monoisotopic (exact) mass is 224 g/mol. The zero-order valence-electron chi connectivity index (χ0n) is 8.69. The summed E-state index contributed by atoms with van der Waals surface area (Å²) in [7, 11) is -0.616. The van der Waals surface area contributed by atoms with Crippen molar-refractivity contribution < 1.29 is 4.21 Å². The van der Waals surface area contributed by atoms with E-state index in [4.69, 9.17) is 5.73 Å². The number of nitrogens with two attached hydrogens (primary N) is 1. The van der Waals surface area contributed by atoms with Gasteiger partial charge in [-0.3, -0.25) is 4.21 Å². The van der Waals surface area contributed by atoms with Gasteiger partial charge in [0.15, 0.2) is 0 Å². The second kappa shape index (κ2) is 4.77. The lowest BCUT2D eigenvalue weighted by molar-refractivity contribution is 0.673. The van der Waals surface area contributed by atoms with Gasteiger partial charge in [-0.05, 0) is 11.6 Å². The fourth-order valence-corrected chi connectivity index (χ4v) is 2.92. The largest absolute Gasteiger partial charge is 0.369 e. The molecule has 1 aliphatic rings. The lowest BCUT2D eigenvalue weighted by atomic mass is 10.1. The smallest absolute Gasteiger partial charge is 0.0412 e. The van der Waals surface area contributed by atoms with Crippen molar-refractivity contribution >= 4 is 16.5 Å². The van der Waals surface area contributed by atoms with Gasteiger partial charge < -0.3 is 10.6 Å². The fourth-order valence-electron chi connectivity index (χ4n) is 1.87. The molecule has 0 amide bonds. The molecular weight excluding hydrogens is 208 g/mol. The molecule has 1 aromatic carbocycles. The molecule has 1 fully saturated rings. The summed E-state index contributed by atoms with van der Waals surface area (Å²) >= 11 is 0. The number of nitrogens with zero attached hydrogens (tertiary/aromatic N) is 1. The minimum absolute atomic E-state index is 0.565.